The highest BCUT2D eigenvalue weighted by atomic mass is 16.5. The van der Waals surface area contributed by atoms with Gasteiger partial charge in [0.2, 0.25) is 5.91 Å². The van der Waals surface area contributed by atoms with Gasteiger partial charge in [0.1, 0.15) is 0 Å². The van der Waals surface area contributed by atoms with Crippen LogP contribution < -0.4 is 0 Å². The summed E-state index contributed by atoms with van der Waals surface area (Å²) in [6, 6.07) is 0.410. The van der Waals surface area contributed by atoms with Crippen LogP contribution in [-0.2, 0) is 19.1 Å². The molecule has 0 N–H and O–H groups in total. The van der Waals surface area contributed by atoms with Crippen LogP contribution in [0.5, 0.6) is 0 Å². The molecule has 2 saturated heterocycles. The molecule has 148 valence electrons. The van der Waals surface area contributed by atoms with Gasteiger partial charge in [-0.15, -0.1) is 0 Å². The Morgan fingerprint density at radius 2 is 1.50 bits per heavy atom. The standard InChI is InChI=1S/C20H34N2O4/c1-14-7-6-8-15(2)22(14)17(23)13-26-18(24)16-9-11-21(12-10-16)19(25)20(3,4)5/h14-16H,6-13H2,1-5H3. The molecule has 0 aromatic rings. The minimum atomic E-state index is -0.401. The SMILES string of the molecule is CC1CCCC(C)N1C(=O)COC(=O)C1CCN(C(=O)C(C)(C)C)CC1. The summed E-state index contributed by atoms with van der Waals surface area (Å²) in [4.78, 5) is 40.8. The van der Waals surface area contributed by atoms with Crippen molar-refractivity contribution in [3.05, 3.63) is 0 Å². The molecule has 2 amide bonds. The first-order valence-corrected chi connectivity index (χ1v) is 9.88. The Balaban J connectivity index is 1.79. The number of esters is 1. The van der Waals surface area contributed by atoms with Crippen molar-refractivity contribution in [3.63, 3.8) is 0 Å². The second kappa shape index (κ2) is 8.40. The third-order valence-corrected chi connectivity index (χ3v) is 5.58. The van der Waals surface area contributed by atoms with E-state index in [4.69, 9.17) is 4.74 Å². The molecule has 0 bridgehead atoms. The van der Waals surface area contributed by atoms with Crippen LogP contribution in [0, 0.1) is 11.3 Å². The average molecular weight is 367 g/mol. The number of ether oxygens (including phenoxy) is 1. The van der Waals surface area contributed by atoms with Crippen LogP contribution >= 0.6 is 0 Å². The molecule has 0 aliphatic carbocycles. The van der Waals surface area contributed by atoms with E-state index in [1.807, 2.05) is 30.6 Å². The monoisotopic (exact) mass is 366 g/mol. The van der Waals surface area contributed by atoms with Crippen molar-refractivity contribution in [3.8, 4) is 0 Å². The molecule has 6 heteroatoms. The van der Waals surface area contributed by atoms with Crippen LogP contribution in [0.4, 0.5) is 0 Å². The van der Waals surface area contributed by atoms with Crippen molar-refractivity contribution < 1.29 is 19.1 Å². The Morgan fingerprint density at radius 1 is 0.962 bits per heavy atom. The molecule has 2 aliphatic rings. The molecule has 2 atom stereocenters. The van der Waals surface area contributed by atoms with Crippen molar-refractivity contribution in [2.45, 2.75) is 78.8 Å². The van der Waals surface area contributed by atoms with Gasteiger partial charge in [-0.2, -0.15) is 0 Å². The van der Waals surface area contributed by atoms with Gasteiger partial charge in [0.15, 0.2) is 6.61 Å². The number of amides is 2. The lowest BCUT2D eigenvalue weighted by molar-refractivity contribution is -0.160. The second-order valence-electron chi connectivity index (χ2n) is 8.85. The largest absolute Gasteiger partial charge is 0.455 e. The Bertz CT molecular complexity index is 522. The van der Waals surface area contributed by atoms with Crippen molar-refractivity contribution in [1.29, 1.82) is 0 Å². The van der Waals surface area contributed by atoms with Crippen molar-refractivity contribution in [1.82, 2.24) is 9.80 Å². The summed E-state index contributed by atoms with van der Waals surface area (Å²) in [5.74, 6) is -0.507. The van der Waals surface area contributed by atoms with Crippen LogP contribution in [0.2, 0.25) is 0 Å². The van der Waals surface area contributed by atoms with Crippen LogP contribution in [0.1, 0.15) is 66.7 Å². The van der Waals surface area contributed by atoms with Crippen molar-refractivity contribution >= 4 is 17.8 Å². The Hall–Kier alpha value is -1.59. The zero-order valence-electron chi connectivity index (χ0n) is 16.9. The summed E-state index contributed by atoms with van der Waals surface area (Å²) in [5, 5.41) is 0. The number of hydrogen-bond donors (Lipinski definition) is 0. The van der Waals surface area contributed by atoms with Crippen LogP contribution in [0.15, 0.2) is 0 Å². The predicted molar refractivity (Wildman–Crippen MR) is 99.3 cm³/mol. The maximum atomic E-state index is 12.5. The van der Waals surface area contributed by atoms with Gasteiger partial charge in [-0.25, -0.2) is 0 Å². The fourth-order valence-electron chi connectivity index (χ4n) is 4.03. The van der Waals surface area contributed by atoms with E-state index in [1.54, 1.807) is 0 Å². The summed E-state index contributed by atoms with van der Waals surface area (Å²) >= 11 is 0. The van der Waals surface area contributed by atoms with Gasteiger partial charge in [-0.05, 0) is 46.0 Å². The maximum absolute atomic E-state index is 12.5. The lowest BCUT2D eigenvalue weighted by Crippen LogP contribution is -2.49. The molecule has 0 aromatic heterocycles. The molecule has 0 saturated carbocycles. The van der Waals surface area contributed by atoms with Gasteiger partial charge in [-0.1, -0.05) is 20.8 Å². The smallest absolute Gasteiger partial charge is 0.309 e. The first-order valence-electron chi connectivity index (χ1n) is 9.88. The van der Waals surface area contributed by atoms with Gasteiger partial charge in [0, 0.05) is 30.6 Å². The minimum Gasteiger partial charge on any atom is -0.455 e. The molecule has 2 heterocycles. The zero-order valence-corrected chi connectivity index (χ0v) is 16.9. The number of likely N-dealkylation sites (tertiary alicyclic amines) is 2. The average Bonchev–Trinajstić information content (AvgIpc) is 2.58. The Labute approximate surface area is 157 Å². The molecule has 2 fully saturated rings. The summed E-state index contributed by atoms with van der Waals surface area (Å²) < 4.78 is 5.32. The lowest BCUT2D eigenvalue weighted by Gasteiger charge is -2.39. The number of piperidine rings is 2. The summed E-state index contributed by atoms with van der Waals surface area (Å²) in [6.45, 7) is 10.8. The molecule has 26 heavy (non-hydrogen) atoms. The topological polar surface area (TPSA) is 66.9 Å². The second-order valence-corrected chi connectivity index (χ2v) is 8.85. The zero-order chi connectivity index (χ0) is 19.5. The highest BCUT2D eigenvalue weighted by Crippen LogP contribution is 2.25. The van der Waals surface area contributed by atoms with Gasteiger partial charge in [0.25, 0.3) is 5.91 Å². The molecular weight excluding hydrogens is 332 g/mol. The quantitative estimate of drug-likeness (QED) is 0.720. The Kier molecular flexibility index (Phi) is 6.69. The van der Waals surface area contributed by atoms with Gasteiger partial charge < -0.3 is 14.5 Å². The first kappa shape index (κ1) is 20.7. The number of carbonyl (C=O) groups excluding carboxylic acids is 3. The van der Waals surface area contributed by atoms with E-state index in [2.05, 4.69) is 13.8 Å². The molecular formula is C20H34N2O4. The van der Waals surface area contributed by atoms with Crippen LogP contribution in [0.3, 0.4) is 0 Å². The lowest BCUT2D eigenvalue weighted by atomic mass is 9.91. The fraction of sp³-hybridized carbons (Fsp3) is 0.850. The summed E-state index contributed by atoms with van der Waals surface area (Å²) in [7, 11) is 0. The van der Waals surface area contributed by atoms with Gasteiger partial charge in [-0.3, -0.25) is 14.4 Å². The summed E-state index contributed by atoms with van der Waals surface area (Å²) in [5.41, 5.74) is -0.401. The molecule has 0 aromatic carbocycles. The van der Waals surface area contributed by atoms with Crippen LogP contribution in [-0.4, -0.2) is 59.4 Å². The van der Waals surface area contributed by atoms with E-state index in [1.165, 1.54) is 0 Å². The molecule has 0 spiro atoms. The van der Waals surface area contributed by atoms with Crippen molar-refractivity contribution in [2.75, 3.05) is 19.7 Å². The predicted octanol–water partition coefficient (Wildman–Crippen LogP) is 2.60. The highest BCUT2D eigenvalue weighted by molar-refractivity contribution is 5.83. The molecule has 2 rings (SSSR count). The number of nitrogens with zero attached hydrogens (tertiary/aromatic N) is 2. The third kappa shape index (κ3) is 4.98. The number of hydrogen-bond acceptors (Lipinski definition) is 4. The van der Waals surface area contributed by atoms with E-state index >= 15 is 0 Å². The van der Waals surface area contributed by atoms with E-state index in [0.29, 0.717) is 25.9 Å². The molecule has 6 nitrogen and oxygen atoms in total. The fourth-order valence-corrected chi connectivity index (χ4v) is 4.03. The molecule has 0 radical (unpaired) electrons. The molecule has 2 aliphatic heterocycles. The maximum Gasteiger partial charge on any atom is 0.309 e. The van der Waals surface area contributed by atoms with E-state index < -0.39 is 5.41 Å². The van der Waals surface area contributed by atoms with Gasteiger partial charge >= 0.3 is 5.97 Å². The van der Waals surface area contributed by atoms with Gasteiger partial charge in [0.05, 0.1) is 5.92 Å². The van der Waals surface area contributed by atoms with E-state index in [9.17, 15) is 14.4 Å². The summed E-state index contributed by atoms with van der Waals surface area (Å²) in [6.07, 6.45) is 4.35. The van der Waals surface area contributed by atoms with Crippen molar-refractivity contribution in [2.24, 2.45) is 11.3 Å². The Morgan fingerprint density at radius 3 is 2.00 bits per heavy atom. The van der Waals surface area contributed by atoms with Crippen LogP contribution in [0.25, 0.3) is 0 Å². The number of carbonyl (C=O) groups is 3. The van der Waals surface area contributed by atoms with E-state index in [0.717, 1.165) is 19.3 Å². The first-order chi connectivity index (χ1) is 12.1. The third-order valence-electron chi connectivity index (χ3n) is 5.58. The minimum absolute atomic E-state index is 0.0987. The highest BCUT2D eigenvalue weighted by Gasteiger charge is 2.34. The normalized spacial score (nSPS) is 25.1. The van der Waals surface area contributed by atoms with E-state index in [-0.39, 0.29) is 42.4 Å². The number of rotatable bonds is 3. The molecule has 2 unspecified atom stereocenters.